The summed E-state index contributed by atoms with van der Waals surface area (Å²) in [4.78, 5) is 11.4. The molecule has 0 bridgehead atoms. The molecule has 1 heterocycles. The molecule has 0 aromatic heterocycles. The summed E-state index contributed by atoms with van der Waals surface area (Å²) in [5, 5.41) is 10.1. The van der Waals surface area contributed by atoms with E-state index in [-0.39, 0.29) is 6.61 Å². The Labute approximate surface area is 82.3 Å². The average Bonchev–Trinajstić information content (AvgIpc) is 2.24. The van der Waals surface area contributed by atoms with Crippen LogP contribution in [0.25, 0.3) is 0 Å². The van der Waals surface area contributed by atoms with Gasteiger partial charge in [-0.2, -0.15) is 0 Å². The molecule has 0 amide bonds. The van der Waals surface area contributed by atoms with Crippen molar-refractivity contribution in [3.63, 3.8) is 0 Å². The van der Waals surface area contributed by atoms with Crippen molar-refractivity contribution in [2.24, 2.45) is 0 Å². The van der Waals surface area contributed by atoms with Crippen LogP contribution in [0, 0.1) is 0 Å². The van der Waals surface area contributed by atoms with Crippen LogP contribution in [-0.2, 0) is 21.7 Å². The molecular weight excluding hydrogens is 180 g/mol. The fourth-order valence-corrected chi connectivity index (χ4v) is 1.76. The van der Waals surface area contributed by atoms with E-state index in [0.29, 0.717) is 12.0 Å². The van der Waals surface area contributed by atoms with Gasteiger partial charge in [-0.25, -0.2) is 4.79 Å². The molecule has 2 rings (SSSR count). The number of fused-ring (bicyclic) bond motifs is 1. The molecule has 3 heteroatoms. The molecule has 0 fully saturated rings. The van der Waals surface area contributed by atoms with Crippen LogP contribution in [0.3, 0.4) is 0 Å². The highest BCUT2D eigenvalue weighted by Gasteiger charge is 2.42. The van der Waals surface area contributed by atoms with Gasteiger partial charge in [0.2, 0.25) is 0 Å². The first-order valence-corrected chi connectivity index (χ1v) is 4.66. The lowest BCUT2D eigenvalue weighted by Gasteiger charge is -2.31. The third kappa shape index (κ3) is 1.13. The average molecular weight is 192 g/mol. The van der Waals surface area contributed by atoms with Crippen LogP contribution in [0.15, 0.2) is 24.3 Å². The Morgan fingerprint density at radius 1 is 1.50 bits per heavy atom. The Bertz CT molecular complexity index is 373. The highest BCUT2D eigenvalue weighted by Crippen LogP contribution is 2.33. The van der Waals surface area contributed by atoms with E-state index in [2.05, 4.69) is 0 Å². The predicted molar refractivity (Wildman–Crippen MR) is 50.4 cm³/mol. The van der Waals surface area contributed by atoms with E-state index in [4.69, 9.17) is 4.74 Å². The maximum atomic E-state index is 11.4. The number of esters is 1. The van der Waals surface area contributed by atoms with Gasteiger partial charge in [0.05, 0.1) is 0 Å². The number of cyclic esters (lactones) is 1. The molecule has 0 aliphatic carbocycles. The van der Waals surface area contributed by atoms with Gasteiger partial charge in [0, 0.05) is 5.56 Å². The van der Waals surface area contributed by atoms with E-state index in [9.17, 15) is 9.90 Å². The highest BCUT2D eigenvalue weighted by atomic mass is 16.6. The Morgan fingerprint density at radius 3 is 2.93 bits per heavy atom. The molecule has 1 N–H and O–H groups in total. The molecule has 0 radical (unpaired) electrons. The molecule has 74 valence electrons. The summed E-state index contributed by atoms with van der Waals surface area (Å²) in [6.45, 7) is 2.03. The summed E-state index contributed by atoms with van der Waals surface area (Å²) < 4.78 is 4.92. The van der Waals surface area contributed by atoms with Crippen LogP contribution in [0.2, 0.25) is 0 Å². The van der Waals surface area contributed by atoms with Crippen molar-refractivity contribution >= 4 is 5.97 Å². The molecule has 1 aliphatic rings. The van der Waals surface area contributed by atoms with E-state index >= 15 is 0 Å². The van der Waals surface area contributed by atoms with Gasteiger partial charge in [0.15, 0.2) is 5.60 Å². The number of benzene rings is 1. The fourth-order valence-electron chi connectivity index (χ4n) is 1.76. The number of aliphatic hydroxyl groups is 1. The van der Waals surface area contributed by atoms with Crippen molar-refractivity contribution < 1.29 is 14.6 Å². The molecule has 1 aromatic rings. The lowest BCUT2D eigenvalue weighted by Crippen LogP contribution is -2.40. The fraction of sp³-hybridized carbons (Fsp3) is 0.364. The van der Waals surface area contributed by atoms with Crippen molar-refractivity contribution in [1.29, 1.82) is 0 Å². The summed E-state index contributed by atoms with van der Waals surface area (Å²) >= 11 is 0. The van der Waals surface area contributed by atoms with Gasteiger partial charge in [-0.3, -0.25) is 0 Å². The lowest BCUT2D eigenvalue weighted by atomic mass is 9.86. The standard InChI is InChI=1S/C11H12O3/c1-2-11(13)9-6-4-3-5-8(9)7-14-10(11)12/h3-6,13H,2,7H2,1H3. The Kier molecular flexibility index (Phi) is 2.04. The van der Waals surface area contributed by atoms with Gasteiger partial charge in [0.1, 0.15) is 6.61 Å². The van der Waals surface area contributed by atoms with Gasteiger partial charge in [0.25, 0.3) is 0 Å². The van der Waals surface area contributed by atoms with Crippen LogP contribution in [0.4, 0.5) is 0 Å². The Hall–Kier alpha value is -1.35. The molecular formula is C11H12O3. The monoisotopic (exact) mass is 192 g/mol. The molecule has 1 aliphatic heterocycles. The van der Waals surface area contributed by atoms with Crippen molar-refractivity contribution in [1.82, 2.24) is 0 Å². The molecule has 0 saturated carbocycles. The molecule has 1 aromatic carbocycles. The molecule has 0 saturated heterocycles. The van der Waals surface area contributed by atoms with E-state index < -0.39 is 11.6 Å². The first kappa shape index (κ1) is 9.21. The van der Waals surface area contributed by atoms with Crippen LogP contribution < -0.4 is 0 Å². The minimum absolute atomic E-state index is 0.261. The number of rotatable bonds is 1. The van der Waals surface area contributed by atoms with Gasteiger partial charge in [-0.15, -0.1) is 0 Å². The van der Waals surface area contributed by atoms with Crippen LogP contribution in [0.5, 0.6) is 0 Å². The minimum atomic E-state index is -1.45. The van der Waals surface area contributed by atoms with Crippen molar-refractivity contribution in [2.45, 2.75) is 25.6 Å². The van der Waals surface area contributed by atoms with E-state index in [1.165, 1.54) is 0 Å². The zero-order chi connectivity index (χ0) is 10.2. The first-order valence-electron chi connectivity index (χ1n) is 4.66. The molecule has 1 atom stereocenters. The van der Waals surface area contributed by atoms with Crippen molar-refractivity contribution in [3.05, 3.63) is 35.4 Å². The maximum Gasteiger partial charge on any atom is 0.343 e. The lowest BCUT2D eigenvalue weighted by molar-refractivity contribution is -0.172. The van der Waals surface area contributed by atoms with Gasteiger partial charge < -0.3 is 9.84 Å². The quantitative estimate of drug-likeness (QED) is 0.683. The molecule has 0 spiro atoms. The number of carbonyl (C=O) groups is 1. The van der Waals surface area contributed by atoms with Crippen LogP contribution in [0.1, 0.15) is 24.5 Å². The summed E-state index contributed by atoms with van der Waals surface area (Å²) in [6, 6.07) is 7.33. The third-order valence-electron chi connectivity index (χ3n) is 2.67. The second-order valence-electron chi connectivity index (χ2n) is 3.45. The first-order chi connectivity index (χ1) is 6.68. The van der Waals surface area contributed by atoms with E-state index in [0.717, 1.165) is 5.56 Å². The zero-order valence-corrected chi connectivity index (χ0v) is 7.99. The number of ether oxygens (including phenoxy) is 1. The van der Waals surface area contributed by atoms with Crippen LogP contribution in [-0.4, -0.2) is 11.1 Å². The smallest absolute Gasteiger partial charge is 0.343 e. The highest BCUT2D eigenvalue weighted by molar-refractivity contribution is 5.82. The topological polar surface area (TPSA) is 46.5 Å². The Balaban J connectivity index is 2.57. The SMILES string of the molecule is CCC1(O)C(=O)OCc2ccccc21. The predicted octanol–water partition coefficient (Wildman–Crippen LogP) is 1.34. The van der Waals surface area contributed by atoms with Crippen molar-refractivity contribution in [3.8, 4) is 0 Å². The maximum absolute atomic E-state index is 11.4. The summed E-state index contributed by atoms with van der Waals surface area (Å²) in [7, 11) is 0. The second-order valence-corrected chi connectivity index (χ2v) is 3.45. The normalized spacial score (nSPS) is 25.4. The second kappa shape index (κ2) is 3.10. The molecule has 3 nitrogen and oxygen atoms in total. The molecule has 1 unspecified atom stereocenters. The number of carbonyl (C=O) groups excluding carboxylic acids is 1. The Morgan fingerprint density at radius 2 is 2.21 bits per heavy atom. The third-order valence-corrected chi connectivity index (χ3v) is 2.67. The summed E-state index contributed by atoms with van der Waals surface area (Å²) in [5.74, 6) is -0.543. The zero-order valence-electron chi connectivity index (χ0n) is 7.99. The van der Waals surface area contributed by atoms with Crippen molar-refractivity contribution in [2.75, 3.05) is 0 Å². The minimum Gasteiger partial charge on any atom is -0.458 e. The van der Waals surface area contributed by atoms with E-state index in [1.807, 2.05) is 18.2 Å². The number of hydrogen-bond donors (Lipinski definition) is 1. The number of hydrogen-bond acceptors (Lipinski definition) is 3. The van der Waals surface area contributed by atoms with Gasteiger partial charge >= 0.3 is 5.97 Å². The molecule has 14 heavy (non-hydrogen) atoms. The van der Waals surface area contributed by atoms with E-state index in [1.54, 1.807) is 13.0 Å². The van der Waals surface area contributed by atoms with Crippen LogP contribution >= 0.6 is 0 Å². The largest absolute Gasteiger partial charge is 0.458 e. The summed E-state index contributed by atoms with van der Waals surface area (Å²) in [5.41, 5.74) is 0.115. The van der Waals surface area contributed by atoms with Gasteiger partial charge in [-0.05, 0) is 12.0 Å². The van der Waals surface area contributed by atoms with Gasteiger partial charge in [-0.1, -0.05) is 31.2 Å². The summed E-state index contributed by atoms with van der Waals surface area (Å²) in [6.07, 6.45) is 0.336.